The number of fused-ring (bicyclic) bond motifs is 4. The first-order valence-electron chi connectivity index (χ1n) is 18.4. The molecule has 0 spiro atoms. The summed E-state index contributed by atoms with van der Waals surface area (Å²) < 4.78 is 5.91. The highest BCUT2D eigenvalue weighted by atomic mass is 16.6. The molecule has 0 aromatic carbocycles. The average Bonchev–Trinajstić information content (AvgIpc) is 3.26. The number of carbonyl (C=O) groups excluding carboxylic acids is 2. The molecule has 12 nitrogen and oxygen atoms in total. The number of carboxylic acid groups (broad SMARTS) is 1. The molecule has 2 saturated carbocycles. The number of allylic oxidation sites excluding steroid dienone is 1. The molecule has 11 atom stereocenters. The lowest BCUT2D eigenvalue weighted by atomic mass is 9.42. The molecule has 1 amide bonds. The van der Waals surface area contributed by atoms with Crippen LogP contribution in [-0.2, 0) is 19.1 Å². The van der Waals surface area contributed by atoms with Crippen molar-refractivity contribution in [2.45, 2.75) is 155 Å². The topological polar surface area (TPSA) is 214 Å². The first-order valence-corrected chi connectivity index (χ1v) is 18.4. The number of hydrogen-bond acceptors (Lipinski definition) is 10. The van der Waals surface area contributed by atoms with E-state index in [0.29, 0.717) is 25.7 Å². The molecule has 0 aromatic heterocycles. The van der Waals surface area contributed by atoms with Gasteiger partial charge in [-0.15, -0.1) is 0 Å². The lowest BCUT2D eigenvalue weighted by molar-refractivity contribution is -0.198. The van der Waals surface area contributed by atoms with E-state index in [1.54, 1.807) is 13.8 Å². The van der Waals surface area contributed by atoms with E-state index in [1.165, 1.54) is 18.1 Å². The molecule has 0 saturated heterocycles. The van der Waals surface area contributed by atoms with Crippen molar-refractivity contribution >= 4 is 17.8 Å². The van der Waals surface area contributed by atoms with Crippen molar-refractivity contribution in [2.75, 3.05) is 13.2 Å². The van der Waals surface area contributed by atoms with Crippen molar-refractivity contribution in [3.05, 3.63) is 11.1 Å². The van der Waals surface area contributed by atoms with Gasteiger partial charge in [-0.3, -0.25) is 14.4 Å². The van der Waals surface area contributed by atoms with Crippen molar-refractivity contribution in [3.63, 3.8) is 0 Å². The van der Waals surface area contributed by atoms with E-state index in [2.05, 4.69) is 26.1 Å². The third-order valence-electron chi connectivity index (χ3n) is 14.0. The fourth-order valence-corrected chi connectivity index (χ4v) is 11.1. The minimum atomic E-state index is -1.79. The third kappa shape index (κ3) is 7.26. The molecule has 0 radical (unpaired) electrons. The van der Waals surface area contributed by atoms with Crippen LogP contribution in [0.15, 0.2) is 11.1 Å². The van der Waals surface area contributed by atoms with Gasteiger partial charge in [0.2, 0.25) is 5.91 Å². The minimum absolute atomic E-state index is 0.00290. The van der Waals surface area contributed by atoms with Crippen molar-refractivity contribution in [1.29, 1.82) is 0 Å². The van der Waals surface area contributed by atoms with Crippen LogP contribution in [0.3, 0.4) is 0 Å². The van der Waals surface area contributed by atoms with E-state index < -0.39 is 89.1 Å². The van der Waals surface area contributed by atoms with Crippen molar-refractivity contribution in [3.8, 4) is 0 Å². The van der Waals surface area contributed by atoms with Crippen LogP contribution in [0.5, 0.6) is 0 Å². The summed E-state index contributed by atoms with van der Waals surface area (Å²) in [6.45, 7) is 14.3. The second-order valence-electron chi connectivity index (χ2n) is 18.2. The molecule has 0 aliphatic heterocycles. The zero-order valence-electron chi connectivity index (χ0n) is 31.3. The van der Waals surface area contributed by atoms with Crippen LogP contribution in [0.2, 0.25) is 0 Å². The molecule has 8 N–H and O–H groups in total. The van der Waals surface area contributed by atoms with Crippen molar-refractivity contribution in [2.24, 2.45) is 39.4 Å². The Bertz CT molecular complexity index is 1340. The van der Waals surface area contributed by atoms with Crippen molar-refractivity contribution < 1.29 is 54.9 Å². The molecule has 0 bridgehead atoms. The van der Waals surface area contributed by atoms with E-state index in [9.17, 15) is 45.0 Å². The molecule has 0 aromatic rings. The van der Waals surface area contributed by atoms with Crippen LogP contribution in [0.1, 0.15) is 120 Å². The summed E-state index contributed by atoms with van der Waals surface area (Å²) in [5, 5.41) is 76.9. The van der Waals surface area contributed by atoms with Gasteiger partial charge in [0.05, 0.1) is 42.4 Å². The first-order chi connectivity index (χ1) is 22.8. The molecule has 4 aliphatic rings. The number of esters is 1. The Kier molecular flexibility index (Phi) is 11.4. The Morgan fingerprint density at radius 1 is 0.980 bits per heavy atom. The SMILES string of the molecule is CC(C)(O)[C@@H](O)CC[C@@H](CO)[C@H]1CC[C@@]2(C)C3=C(C[C@H](O)[C@]12C)[C@@]1(C)C[C@@H](O)[C@@H](OC(=O)C[C@@](C)(O)CC(=O)NCC(=O)O)C(C)(C)[C@H]1CC3. The lowest BCUT2D eigenvalue weighted by Crippen LogP contribution is -2.62. The Morgan fingerprint density at radius 3 is 2.20 bits per heavy atom. The molecule has 0 unspecified atom stereocenters. The van der Waals surface area contributed by atoms with Gasteiger partial charge in [-0.1, -0.05) is 45.8 Å². The van der Waals surface area contributed by atoms with E-state index in [1.807, 2.05) is 13.8 Å². The number of carboxylic acids is 1. The highest BCUT2D eigenvalue weighted by Crippen LogP contribution is 2.72. The van der Waals surface area contributed by atoms with E-state index in [4.69, 9.17) is 9.84 Å². The van der Waals surface area contributed by atoms with Crippen LogP contribution >= 0.6 is 0 Å². The molecular weight excluding hydrogens is 646 g/mol. The number of aliphatic carboxylic acids is 1. The summed E-state index contributed by atoms with van der Waals surface area (Å²) in [6, 6.07) is 0. The second kappa shape index (κ2) is 14.0. The van der Waals surface area contributed by atoms with Crippen LogP contribution in [0.25, 0.3) is 0 Å². The maximum atomic E-state index is 13.2. The number of aliphatic hydroxyl groups excluding tert-OH is 4. The fourth-order valence-electron chi connectivity index (χ4n) is 11.1. The van der Waals surface area contributed by atoms with Gasteiger partial charge in [0.25, 0.3) is 0 Å². The number of ether oxygens (including phenoxy) is 1. The quantitative estimate of drug-likeness (QED) is 0.103. The van der Waals surface area contributed by atoms with Gasteiger partial charge in [-0.2, -0.15) is 0 Å². The average molecular weight is 710 g/mol. The summed E-state index contributed by atoms with van der Waals surface area (Å²) in [5.41, 5.74) is -2.56. The number of amides is 1. The Balaban J connectivity index is 1.55. The van der Waals surface area contributed by atoms with E-state index in [-0.39, 0.29) is 29.8 Å². The minimum Gasteiger partial charge on any atom is -0.480 e. The second-order valence-corrected chi connectivity index (χ2v) is 18.2. The number of rotatable bonds is 13. The predicted octanol–water partition coefficient (Wildman–Crippen LogP) is 2.84. The van der Waals surface area contributed by atoms with Crippen LogP contribution in [-0.4, -0.2) is 102 Å². The van der Waals surface area contributed by atoms with Gasteiger partial charge in [0.1, 0.15) is 12.6 Å². The van der Waals surface area contributed by atoms with Crippen LogP contribution in [0, 0.1) is 39.4 Å². The van der Waals surface area contributed by atoms with Gasteiger partial charge in [0.15, 0.2) is 0 Å². The summed E-state index contributed by atoms with van der Waals surface area (Å²) in [5.74, 6) is -2.84. The smallest absolute Gasteiger partial charge is 0.322 e. The summed E-state index contributed by atoms with van der Waals surface area (Å²) in [4.78, 5) is 36.0. The van der Waals surface area contributed by atoms with Gasteiger partial charge in [0, 0.05) is 17.4 Å². The summed E-state index contributed by atoms with van der Waals surface area (Å²) in [7, 11) is 0. The van der Waals surface area contributed by atoms with Gasteiger partial charge >= 0.3 is 11.9 Å². The molecule has 2 fully saturated rings. The van der Waals surface area contributed by atoms with Crippen LogP contribution < -0.4 is 5.32 Å². The molecule has 0 heterocycles. The van der Waals surface area contributed by atoms with Crippen LogP contribution in [0.4, 0.5) is 0 Å². The highest BCUT2D eigenvalue weighted by molar-refractivity contribution is 5.82. The molecule has 12 heteroatoms. The zero-order chi connectivity index (χ0) is 37.8. The Labute approximate surface area is 296 Å². The number of hydrogen-bond donors (Lipinski definition) is 8. The molecular formula is C38H63NO11. The zero-order valence-corrected chi connectivity index (χ0v) is 31.3. The third-order valence-corrected chi connectivity index (χ3v) is 14.0. The van der Waals surface area contributed by atoms with E-state index in [0.717, 1.165) is 25.7 Å². The normalized spacial score (nSPS) is 37.4. The fraction of sp³-hybridized carbons (Fsp3) is 0.868. The number of aliphatic hydroxyl groups is 6. The first kappa shape index (κ1) is 40.7. The summed E-state index contributed by atoms with van der Waals surface area (Å²) >= 11 is 0. The van der Waals surface area contributed by atoms with Gasteiger partial charge in [-0.05, 0) is 101 Å². The lowest BCUT2D eigenvalue weighted by Gasteiger charge is -2.64. The number of carbonyl (C=O) groups is 3. The van der Waals surface area contributed by atoms with Gasteiger partial charge < -0.3 is 45.8 Å². The molecule has 50 heavy (non-hydrogen) atoms. The standard InChI is InChI=1S/C38H63NO11/c1-33(2)26-11-10-23-24(15-28(43)38(8)22(13-14-37(23,38)7)21(20-40)9-12-27(42)34(3,4)48)36(26,6)16-25(41)32(33)50-31(47)18-35(5,49)17-29(44)39-19-30(45)46/h21-22,25-28,32,40-43,48-49H,9-20H2,1-8H3,(H,39,44)(H,45,46)/t21-,22+,25+,26+,27-,28-,32+,35-,36+,37-,38-/m0/s1. The summed E-state index contributed by atoms with van der Waals surface area (Å²) in [6.07, 6.45) is 0.358. The van der Waals surface area contributed by atoms with Gasteiger partial charge in [-0.25, -0.2) is 0 Å². The predicted molar refractivity (Wildman–Crippen MR) is 184 cm³/mol. The Morgan fingerprint density at radius 2 is 1.62 bits per heavy atom. The highest BCUT2D eigenvalue weighted by Gasteiger charge is 2.67. The monoisotopic (exact) mass is 709 g/mol. The largest absolute Gasteiger partial charge is 0.480 e. The van der Waals surface area contributed by atoms with Crippen molar-refractivity contribution in [1.82, 2.24) is 5.32 Å². The number of nitrogens with one attached hydrogen (secondary N) is 1. The van der Waals surface area contributed by atoms with E-state index >= 15 is 0 Å². The maximum Gasteiger partial charge on any atom is 0.322 e. The maximum absolute atomic E-state index is 13.2. The molecule has 286 valence electrons. The Hall–Kier alpha value is -2.09. The molecule has 4 rings (SSSR count). The molecule has 4 aliphatic carbocycles.